The van der Waals surface area contributed by atoms with Gasteiger partial charge in [0.05, 0.1) is 5.75 Å². The molecule has 0 bridgehead atoms. The highest BCUT2D eigenvalue weighted by Gasteiger charge is 2.12. The summed E-state index contributed by atoms with van der Waals surface area (Å²) in [6, 6.07) is 5.73. The van der Waals surface area contributed by atoms with Gasteiger partial charge >= 0.3 is 0 Å². The number of rotatable bonds is 5. The van der Waals surface area contributed by atoms with E-state index in [1.807, 2.05) is 35.9 Å². The molecule has 0 radical (unpaired) electrons. The van der Waals surface area contributed by atoms with Gasteiger partial charge in [-0.15, -0.1) is 0 Å². The second kappa shape index (κ2) is 5.76. The van der Waals surface area contributed by atoms with Crippen LogP contribution in [0.15, 0.2) is 24.4 Å². The third-order valence-corrected chi connectivity index (χ3v) is 4.33. The van der Waals surface area contributed by atoms with Crippen molar-refractivity contribution in [1.29, 1.82) is 0 Å². The minimum Gasteiger partial charge on any atom is -0.346 e. The number of aryl methyl sites for hydroxylation is 1. The topological polar surface area (TPSA) is 65.1 Å². The zero-order valence-electron chi connectivity index (χ0n) is 11.6. The summed E-state index contributed by atoms with van der Waals surface area (Å²) in [6.07, 6.45) is 3.98. The maximum atomic E-state index is 11.3. The van der Waals surface area contributed by atoms with Gasteiger partial charge in [0, 0.05) is 41.0 Å². The summed E-state index contributed by atoms with van der Waals surface area (Å²) in [4.78, 5) is 0. The molecule has 1 heterocycles. The van der Waals surface area contributed by atoms with Crippen molar-refractivity contribution in [2.75, 3.05) is 12.0 Å². The first-order valence-corrected chi connectivity index (χ1v) is 8.90. The van der Waals surface area contributed by atoms with Crippen molar-refractivity contribution in [3.63, 3.8) is 0 Å². The van der Waals surface area contributed by atoms with E-state index in [1.165, 1.54) is 6.26 Å². The molecule has 0 spiro atoms. The van der Waals surface area contributed by atoms with E-state index in [-0.39, 0.29) is 11.8 Å². The van der Waals surface area contributed by atoms with Crippen molar-refractivity contribution in [3.05, 3.63) is 35.0 Å². The van der Waals surface area contributed by atoms with Crippen molar-refractivity contribution < 1.29 is 8.42 Å². The Labute approximate surface area is 124 Å². The molecule has 110 valence electrons. The Bertz CT molecular complexity index is 720. The first-order chi connectivity index (χ1) is 9.26. The summed E-state index contributed by atoms with van der Waals surface area (Å²) in [7, 11) is -2.99. The number of hydrogen-bond donors (Lipinski definition) is 1. The highest BCUT2D eigenvalue weighted by Crippen LogP contribution is 2.25. The molecule has 0 saturated carbocycles. The van der Waals surface area contributed by atoms with Crippen LogP contribution in [0, 0.1) is 0 Å². The largest absolute Gasteiger partial charge is 0.346 e. The van der Waals surface area contributed by atoms with Crippen molar-refractivity contribution in [2.24, 2.45) is 5.73 Å². The SMILES string of the molecule is CC(N)Cc1cn(CCS(C)(=O)=O)c2cc(Cl)ccc12. The van der Waals surface area contributed by atoms with E-state index in [9.17, 15) is 8.42 Å². The fraction of sp³-hybridized carbons (Fsp3) is 0.429. The Morgan fingerprint density at radius 3 is 2.70 bits per heavy atom. The van der Waals surface area contributed by atoms with Crippen LogP contribution in [0.1, 0.15) is 12.5 Å². The smallest absolute Gasteiger partial charge is 0.149 e. The average molecular weight is 315 g/mol. The quantitative estimate of drug-likeness (QED) is 0.920. The zero-order valence-corrected chi connectivity index (χ0v) is 13.2. The number of sulfone groups is 1. The number of benzene rings is 1. The van der Waals surface area contributed by atoms with Crippen molar-refractivity contribution in [1.82, 2.24) is 4.57 Å². The van der Waals surface area contributed by atoms with Crippen LogP contribution in [0.25, 0.3) is 10.9 Å². The lowest BCUT2D eigenvalue weighted by Gasteiger charge is -2.04. The molecule has 1 aromatic heterocycles. The number of halogens is 1. The Morgan fingerprint density at radius 1 is 1.40 bits per heavy atom. The molecule has 1 unspecified atom stereocenters. The van der Waals surface area contributed by atoms with Crippen molar-refractivity contribution in [2.45, 2.75) is 25.9 Å². The minimum absolute atomic E-state index is 0.0552. The highest BCUT2D eigenvalue weighted by molar-refractivity contribution is 7.90. The maximum Gasteiger partial charge on any atom is 0.149 e. The van der Waals surface area contributed by atoms with Gasteiger partial charge in [-0.25, -0.2) is 8.42 Å². The molecule has 0 aliphatic rings. The lowest BCUT2D eigenvalue weighted by molar-refractivity contribution is 0.595. The van der Waals surface area contributed by atoms with Crippen LogP contribution in [-0.2, 0) is 22.8 Å². The van der Waals surface area contributed by atoms with Crippen LogP contribution in [0.4, 0.5) is 0 Å². The van der Waals surface area contributed by atoms with Crippen LogP contribution < -0.4 is 5.73 Å². The van der Waals surface area contributed by atoms with Crippen LogP contribution in [0.2, 0.25) is 5.02 Å². The number of hydrogen-bond acceptors (Lipinski definition) is 3. The van der Waals surface area contributed by atoms with E-state index in [4.69, 9.17) is 17.3 Å². The second-order valence-corrected chi connectivity index (χ2v) is 8.02. The molecule has 6 heteroatoms. The van der Waals surface area contributed by atoms with Gasteiger partial charge in [-0.3, -0.25) is 0 Å². The summed E-state index contributed by atoms with van der Waals surface area (Å²) in [5.41, 5.74) is 7.95. The summed E-state index contributed by atoms with van der Waals surface area (Å²) < 4.78 is 24.6. The fourth-order valence-corrected chi connectivity index (χ4v) is 2.99. The van der Waals surface area contributed by atoms with Crippen LogP contribution in [0.3, 0.4) is 0 Å². The number of aromatic nitrogens is 1. The third kappa shape index (κ3) is 3.75. The number of nitrogens with two attached hydrogens (primary N) is 1. The standard InChI is InChI=1S/C14H19ClN2O2S/c1-10(16)7-11-9-17(5-6-20(2,18)19)14-8-12(15)3-4-13(11)14/h3-4,8-10H,5-7,16H2,1-2H3. The van der Waals surface area contributed by atoms with Gasteiger partial charge < -0.3 is 10.3 Å². The molecule has 0 aliphatic heterocycles. The van der Waals surface area contributed by atoms with Gasteiger partial charge in [-0.2, -0.15) is 0 Å². The molecule has 0 fully saturated rings. The molecule has 0 amide bonds. The summed E-state index contributed by atoms with van der Waals surface area (Å²) in [5.74, 6) is 0.112. The van der Waals surface area contributed by atoms with Crippen LogP contribution in [0.5, 0.6) is 0 Å². The Balaban J connectivity index is 2.45. The van der Waals surface area contributed by atoms with E-state index >= 15 is 0 Å². The monoisotopic (exact) mass is 314 g/mol. The van der Waals surface area contributed by atoms with Crippen molar-refractivity contribution in [3.8, 4) is 0 Å². The summed E-state index contributed by atoms with van der Waals surface area (Å²) >= 11 is 6.04. The zero-order chi connectivity index (χ0) is 14.9. The molecule has 0 aliphatic carbocycles. The molecule has 4 nitrogen and oxygen atoms in total. The molecular weight excluding hydrogens is 296 g/mol. The molecule has 1 atom stereocenters. The predicted octanol–water partition coefficient (Wildman–Crippen LogP) is 2.23. The first-order valence-electron chi connectivity index (χ1n) is 6.47. The van der Waals surface area contributed by atoms with Gasteiger partial charge in [0.25, 0.3) is 0 Å². The third-order valence-electron chi connectivity index (χ3n) is 3.17. The van der Waals surface area contributed by atoms with E-state index in [1.54, 1.807) is 0 Å². The van der Waals surface area contributed by atoms with Gasteiger partial charge in [0.2, 0.25) is 0 Å². The summed E-state index contributed by atoms with van der Waals surface area (Å²) in [5, 5.41) is 1.73. The van der Waals surface area contributed by atoms with E-state index in [0.29, 0.717) is 11.6 Å². The first kappa shape index (κ1) is 15.4. The molecule has 2 rings (SSSR count). The normalized spacial score (nSPS) is 13.8. The number of fused-ring (bicyclic) bond motifs is 1. The highest BCUT2D eigenvalue weighted by atomic mass is 35.5. The van der Waals surface area contributed by atoms with Gasteiger partial charge in [0.15, 0.2) is 0 Å². The van der Waals surface area contributed by atoms with Crippen molar-refractivity contribution >= 4 is 32.3 Å². The van der Waals surface area contributed by atoms with Crippen LogP contribution >= 0.6 is 11.6 Å². The Hall–Kier alpha value is -1.04. The fourth-order valence-electron chi connectivity index (χ4n) is 2.30. The van der Waals surface area contributed by atoms with E-state index < -0.39 is 9.84 Å². The maximum absolute atomic E-state index is 11.3. The average Bonchev–Trinajstić information content (AvgIpc) is 2.62. The van der Waals surface area contributed by atoms with Crippen LogP contribution in [-0.4, -0.2) is 31.0 Å². The molecule has 1 aromatic carbocycles. The Morgan fingerprint density at radius 2 is 2.10 bits per heavy atom. The lowest BCUT2D eigenvalue weighted by Crippen LogP contribution is -2.17. The summed E-state index contributed by atoms with van der Waals surface area (Å²) in [6.45, 7) is 2.38. The number of nitrogens with zero attached hydrogens (tertiary/aromatic N) is 1. The lowest BCUT2D eigenvalue weighted by atomic mass is 10.1. The minimum atomic E-state index is -2.99. The van der Waals surface area contributed by atoms with Gasteiger partial charge in [-0.05, 0) is 31.0 Å². The molecule has 20 heavy (non-hydrogen) atoms. The predicted molar refractivity (Wildman–Crippen MR) is 84.0 cm³/mol. The van der Waals surface area contributed by atoms with E-state index in [2.05, 4.69) is 0 Å². The Kier molecular flexibility index (Phi) is 4.42. The van der Waals surface area contributed by atoms with E-state index in [0.717, 1.165) is 22.9 Å². The molecule has 2 N–H and O–H groups in total. The molecular formula is C14H19ClN2O2S. The van der Waals surface area contributed by atoms with Gasteiger partial charge in [-0.1, -0.05) is 17.7 Å². The molecule has 2 aromatic rings. The van der Waals surface area contributed by atoms with Gasteiger partial charge in [0.1, 0.15) is 9.84 Å². The molecule has 0 saturated heterocycles. The second-order valence-electron chi connectivity index (χ2n) is 5.32.